The Kier molecular flexibility index (Phi) is 12.6. The number of hydrogen-bond donors (Lipinski definition) is 2. The van der Waals surface area contributed by atoms with Gasteiger partial charge in [0.1, 0.15) is 0 Å². The van der Waals surface area contributed by atoms with Crippen molar-refractivity contribution in [2.24, 2.45) is 4.99 Å². The Balaban J connectivity index is 0.00000361. The van der Waals surface area contributed by atoms with Gasteiger partial charge in [-0.2, -0.15) is 0 Å². The summed E-state index contributed by atoms with van der Waals surface area (Å²) in [7, 11) is 0. The minimum atomic E-state index is -0.207. The van der Waals surface area contributed by atoms with Gasteiger partial charge in [0.25, 0.3) is 0 Å². The van der Waals surface area contributed by atoms with Gasteiger partial charge in [0.05, 0.1) is 6.10 Å². The van der Waals surface area contributed by atoms with Gasteiger partial charge in [0.2, 0.25) is 0 Å². The van der Waals surface area contributed by atoms with Gasteiger partial charge < -0.3 is 20.1 Å². The lowest BCUT2D eigenvalue weighted by atomic mass is 10.3. The fraction of sp³-hybridized carbons (Fsp3) is 0.929. The van der Waals surface area contributed by atoms with Gasteiger partial charge in [-0.1, -0.05) is 13.3 Å². The van der Waals surface area contributed by atoms with Crippen LogP contribution < -0.4 is 5.32 Å². The summed E-state index contributed by atoms with van der Waals surface area (Å²) in [5.74, 6) is 0.924. The molecular formula is C14H30IN3O2. The number of unbranched alkanes of at least 4 members (excludes halogenated alkanes) is 1. The van der Waals surface area contributed by atoms with E-state index in [4.69, 9.17) is 4.74 Å². The second kappa shape index (κ2) is 12.6. The Bertz CT molecular complexity index is 265. The molecule has 1 fully saturated rings. The van der Waals surface area contributed by atoms with Gasteiger partial charge in [0.15, 0.2) is 5.96 Å². The average molecular weight is 399 g/mol. The molecule has 1 aliphatic rings. The third-order valence-corrected chi connectivity index (χ3v) is 3.15. The zero-order chi connectivity index (χ0) is 13.9. The molecule has 0 amide bonds. The molecule has 0 unspecified atom stereocenters. The van der Waals surface area contributed by atoms with Gasteiger partial charge in [-0.3, -0.25) is 4.99 Å². The highest BCUT2D eigenvalue weighted by Crippen LogP contribution is 2.08. The Morgan fingerprint density at radius 1 is 1.35 bits per heavy atom. The van der Waals surface area contributed by atoms with Crippen LogP contribution in [-0.2, 0) is 4.74 Å². The lowest BCUT2D eigenvalue weighted by Gasteiger charge is -2.20. The van der Waals surface area contributed by atoms with Crippen LogP contribution in [0.25, 0.3) is 0 Å². The van der Waals surface area contributed by atoms with Crippen molar-refractivity contribution < 1.29 is 9.84 Å². The minimum absolute atomic E-state index is 0. The Morgan fingerprint density at radius 2 is 2.10 bits per heavy atom. The standard InChI is InChI=1S/C14H29N3O2.HI/c1-3-5-10-19-11-6-8-16-14(15-4-2)17-9-7-13(18)12-17;/h13,18H,3-12H2,1-2H3,(H,15,16);1H/t13-;/m1./s1. The van der Waals surface area contributed by atoms with E-state index < -0.39 is 0 Å². The highest BCUT2D eigenvalue weighted by atomic mass is 127. The number of likely N-dealkylation sites (tertiary alicyclic amines) is 1. The number of nitrogens with zero attached hydrogens (tertiary/aromatic N) is 2. The molecule has 20 heavy (non-hydrogen) atoms. The van der Waals surface area contributed by atoms with E-state index >= 15 is 0 Å². The molecule has 120 valence electrons. The molecule has 5 nitrogen and oxygen atoms in total. The largest absolute Gasteiger partial charge is 0.391 e. The normalized spacial score (nSPS) is 19.1. The quantitative estimate of drug-likeness (QED) is 0.283. The predicted molar refractivity (Wildman–Crippen MR) is 93.9 cm³/mol. The number of β-amino-alcohol motifs (C(OH)–C–C–N with tert-alkyl or cyclic N) is 1. The summed E-state index contributed by atoms with van der Waals surface area (Å²) in [6.07, 6.45) is 3.90. The van der Waals surface area contributed by atoms with Crippen molar-refractivity contribution in [3.8, 4) is 0 Å². The number of aliphatic hydroxyl groups is 1. The summed E-state index contributed by atoms with van der Waals surface area (Å²) in [5.41, 5.74) is 0. The molecule has 0 aliphatic carbocycles. The second-order valence-corrected chi connectivity index (χ2v) is 4.94. The van der Waals surface area contributed by atoms with Crippen molar-refractivity contribution in [1.29, 1.82) is 0 Å². The van der Waals surface area contributed by atoms with Gasteiger partial charge in [-0.05, 0) is 26.2 Å². The van der Waals surface area contributed by atoms with Gasteiger partial charge in [-0.25, -0.2) is 0 Å². The number of ether oxygens (including phenoxy) is 1. The highest BCUT2D eigenvalue weighted by molar-refractivity contribution is 14.0. The SMILES string of the molecule is CCCCOCCCN=C(NCC)N1CC[C@@H](O)C1.I. The van der Waals surface area contributed by atoms with E-state index in [1.807, 2.05) is 0 Å². The van der Waals surface area contributed by atoms with Crippen LogP contribution in [0.2, 0.25) is 0 Å². The number of guanidine groups is 1. The summed E-state index contributed by atoms with van der Waals surface area (Å²) in [6, 6.07) is 0. The number of aliphatic hydroxyl groups excluding tert-OH is 1. The average Bonchev–Trinajstić information content (AvgIpc) is 2.83. The molecule has 1 atom stereocenters. The first kappa shape index (κ1) is 19.9. The zero-order valence-electron chi connectivity index (χ0n) is 12.8. The predicted octanol–water partition coefficient (Wildman–Crippen LogP) is 1.84. The van der Waals surface area contributed by atoms with E-state index in [2.05, 4.69) is 29.1 Å². The summed E-state index contributed by atoms with van der Waals surface area (Å²) >= 11 is 0. The van der Waals surface area contributed by atoms with E-state index in [-0.39, 0.29) is 30.1 Å². The van der Waals surface area contributed by atoms with E-state index in [0.717, 1.165) is 58.1 Å². The first-order valence-electron chi connectivity index (χ1n) is 7.57. The molecule has 1 saturated heterocycles. The molecule has 1 rings (SSSR count). The number of halogens is 1. The fourth-order valence-electron chi connectivity index (χ4n) is 2.06. The van der Waals surface area contributed by atoms with Crippen LogP contribution in [-0.4, -0.2) is 61.5 Å². The summed E-state index contributed by atoms with van der Waals surface area (Å²) in [6.45, 7) is 9.10. The van der Waals surface area contributed by atoms with Crippen molar-refractivity contribution in [2.45, 2.75) is 45.6 Å². The monoisotopic (exact) mass is 399 g/mol. The topological polar surface area (TPSA) is 57.1 Å². The van der Waals surface area contributed by atoms with Crippen LogP contribution in [0, 0.1) is 0 Å². The lowest BCUT2D eigenvalue weighted by molar-refractivity contribution is 0.130. The van der Waals surface area contributed by atoms with E-state index in [0.29, 0.717) is 6.54 Å². The third-order valence-electron chi connectivity index (χ3n) is 3.15. The Morgan fingerprint density at radius 3 is 2.70 bits per heavy atom. The first-order chi connectivity index (χ1) is 9.27. The molecule has 0 spiro atoms. The maximum atomic E-state index is 9.56. The molecule has 1 heterocycles. The van der Waals surface area contributed by atoms with Crippen LogP contribution in [0.1, 0.15) is 39.5 Å². The third kappa shape index (κ3) is 8.26. The van der Waals surface area contributed by atoms with Crippen molar-refractivity contribution in [2.75, 3.05) is 39.4 Å². The first-order valence-corrected chi connectivity index (χ1v) is 7.57. The molecule has 0 aromatic heterocycles. The fourth-order valence-corrected chi connectivity index (χ4v) is 2.06. The van der Waals surface area contributed by atoms with Crippen LogP contribution >= 0.6 is 24.0 Å². The zero-order valence-corrected chi connectivity index (χ0v) is 15.1. The lowest BCUT2D eigenvalue weighted by Crippen LogP contribution is -2.40. The molecule has 0 aromatic rings. The Labute approximate surface area is 140 Å². The van der Waals surface area contributed by atoms with Gasteiger partial charge in [-0.15, -0.1) is 24.0 Å². The molecular weight excluding hydrogens is 369 g/mol. The number of rotatable bonds is 8. The number of nitrogens with one attached hydrogen (secondary N) is 1. The minimum Gasteiger partial charge on any atom is -0.391 e. The Hall–Kier alpha value is -0.0800. The number of hydrogen-bond acceptors (Lipinski definition) is 3. The van der Waals surface area contributed by atoms with Crippen LogP contribution in [0.5, 0.6) is 0 Å². The summed E-state index contributed by atoms with van der Waals surface area (Å²) in [4.78, 5) is 6.72. The molecule has 0 radical (unpaired) electrons. The van der Waals surface area contributed by atoms with E-state index in [9.17, 15) is 5.11 Å². The van der Waals surface area contributed by atoms with Crippen LogP contribution in [0.15, 0.2) is 4.99 Å². The van der Waals surface area contributed by atoms with Gasteiger partial charge >= 0.3 is 0 Å². The highest BCUT2D eigenvalue weighted by Gasteiger charge is 2.22. The van der Waals surface area contributed by atoms with Crippen molar-refractivity contribution >= 4 is 29.9 Å². The van der Waals surface area contributed by atoms with Crippen molar-refractivity contribution in [1.82, 2.24) is 10.2 Å². The molecule has 1 aliphatic heterocycles. The van der Waals surface area contributed by atoms with Crippen molar-refractivity contribution in [3.05, 3.63) is 0 Å². The second-order valence-electron chi connectivity index (χ2n) is 4.94. The molecule has 2 N–H and O–H groups in total. The summed E-state index contributed by atoms with van der Waals surface area (Å²) < 4.78 is 5.52. The maximum Gasteiger partial charge on any atom is 0.194 e. The van der Waals surface area contributed by atoms with E-state index in [1.165, 1.54) is 6.42 Å². The molecule has 0 bridgehead atoms. The van der Waals surface area contributed by atoms with Crippen LogP contribution in [0.3, 0.4) is 0 Å². The van der Waals surface area contributed by atoms with Crippen molar-refractivity contribution in [3.63, 3.8) is 0 Å². The van der Waals surface area contributed by atoms with Crippen LogP contribution in [0.4, 0.5) is 0 Å². The summed E-state index contributed by atoms with van der Waals surface area (Å²) in [5, 5.41) is 12.8. The molecule has 6 heteroatoms. The van der Waals surface area contributed by atoms with E-state index in [1.54, 1.807) is 0 Å². The van der Waals surface area contributed by atoms with Gasteiger partial charge in [0, 0.05) is 39.4 Å². The number of aliphatic imine (C=N–C) groups is 1. The maximum absolute atomic E-state index is 9.56. The molecule has 0 saturated carbocycles. The molecule has 0 aromatic carbocycles. The smallest absolute Gasteiger partial charge is 0.194 e.